The molecule has 0 fully saturated rings. The van der Waals surface area contributed by atoms with Gasteiger partial charge in [0, 0.05) is 0 Å². The third-order valence-corrected chi connectivity index (χ3v) is 2.80. The Hall–Kier alpha value is -1.80. The second-order valence-electron chi connectivity index (χ2n) is 3.95. The molecule has 16 heavy (non-hydrogen) atoms. The maximum Gasteiger partial charge on any atom is 0.168 e. The van der Waals surface area contributed by atoms with E-state index >= 15 is 0 Å². The van der Waals surface area contributed by atoms with Gasteiger partial charge < -0.3 is 0 Å². The van der Waals surface area contributed by atoms with Gasteiger partial charge >= 0.3 is 0 Å². The SMILES string of the molecule is CCCCCC(C#N)(C#N)c1ccccc1. The second kappa shape index (κ2) is 5.93. The fraction of sp³-hybridized carbons (Fsp3) is 0.429. The monoisotopic (exact) mass is 212 g/mol. The van der Waals surface area contributed by atoms with Gasteiger partial charge in [-0.15, -0.1) is 0 Å². The normalized spacial score (nSPS) is 10.4. The van der Waals surface area contributed by atoms with Gasteiger partial charge in [-0.05, 0) is 12.0 Å². The highest BCUT2D eigenvalue weighted by atomic mass is 14.4. The Labute approximate surface area is 97.1 Å². The molecule has 0 aromatic heterocycles. The van der Waals surface area contributed by atoms with Crippen molar-refractivity contribution in [3.63, 3.8) is 0 Å². The van der Waals surface area contributed by atoms with Crippen molar-refractivity contribution in [1.29, 1.82) is 10.5 Å². The van der Waals surface area contributed by atoms with Crippen LogP contribution < -0.4 is 0 Å². The average molecular weight is 212 g/mol. The lowest BCUT2D eigenvalue weighted by Gasteiger charge is -2.18. The Bertz CT molecular complexity index is 381. The second-order valence-corrected chi connectivity index (χ2v) is 3.95. The van der Waals surface area contributed by atoms with Crippen LogP contribution in [-0.4, -0.2) is 0 Å². The van der Waals surface area contributed by atoms with Crippen LogP contribution in [0.25, 0.3) is 0 Å². The smallest absolute Gasteiger partial charge is 0.168 e. The molecule has 0 amide bonds. The lowest BCUT2D eigenvalue weighted by molar-refractivity contribution is 0.563. The molecule has 0 unspecified atom stereocenters. The van der Waals surface area contributed by atoms with Crippen molar-refractivity contribution in [1.82, 2.24) is 0 Å². The summed E-state index contributed by atoms with van der Waals surface area (Å²) in [5, 5.41) is 18.5. The van der Waals surface area contributed by atoms with Gasteiger partial charge in [0.25, 0.3) is 0 Å². The van der Waals surface area contributed by atoms with E-state index in [2.05, 4.69) is 19.1 Å². The Morgan fingerprint density at radius 2 is 1.69 bits per heavy atom. The number of rotatable bonds is 5. The maximum atomic E-state index is 9.26. The zero-order valence-electron chi connectivity index (χ0n) is 9.61. The summed E-state index contributed by atoms with van der Waals surface area (Å²) in [4.78, 5) is 0. The summed E-state index contributed by atoms with van der Waals surface area (Å²) < 4.78 is 0. The molecular weight excluding hydrogens is 196 g/mol. The van der Waals surface area contributed by atoms with Crippen LogP contribution in [-0.2, 0) is 5.41 Å². The lowest BCUT2D eigenvalue weighted by atomic mass is 9.79. The molecule has 0 aliphatic carbocycles. The first-order chi connectivity index (χ1) is 7.79. The molecular formula is C14H16N2. The topological polar surface area (TPSA) is 47.6 Å². The third-order valence-electron chi connectivity index (χ3n) is 2.80. The Kier molecular flexibility index (Phi) is 4.55. The molecule has 0 saturated carbocycles. The summed E-state index contributed by atoms with van der Waals surface area (Å²) in [6, 6.07) is 13.7. The van der Waals surface area contributed by atoms with Crippen molar-refractivity contribution in [3.05, 3.63) is 35.9 Å². The van der Waals surface area contributed by atoms with Crippen LogP contribution >= 0.6 is 0 Å². The van der Waals surface area contributed by atoms with Crippen molar-refractivity contribution < 1.29 is 0 Å². The number of hydrogen-bond donors (Lipinski definition) is 0. The summed E-state index contributed by atoms with van der Waals surface area (Å²) in [6.07, 6.45) is 3.71. The zero-order valence-corrected chi connectivity index (χ0v) is 9.61. The molecule has 0 bridgehead atoms. The van der Waals surface area contributed by atoms with Crippen LogP contribution in [0.5, 0.6) is 0 Å². The van der Waals surface area contributed by atoms with Gasteiger partial charge in [0.05, 0.1) is 12.1 Å². The van der Waals surface area contributed by atoms with Gasteiger partial charge in [0.15, 0.2) is 5.41 Å². The summed E-state index contributed by atoms with van der Waals surface area (Å²) in [5.74, 6) is 0. The van der Waals surface area contributed by atoms with E-state index in [1.807, 2.05) is 30.3 Å². The first kappa shape index (κ1) is 12.3. The summed E-state index contributed by atoms with van der Waals surface area (Å²) in [5.41, 5.74) is -0.146. The Morgan fingerprint density at radius 3 is 2.19 bits per heavy atom. The van der Waals surface area contributed by atoms with Crippen LogP contribution in [0.1, 0.15) is 38.2 Å². The van der Waals surface area contributed by atoms with Gasteiger partial charge in [-0.25, -0.2) is 0 Å². The predicted octanol–water partition coefficient (Wildman–Crippen LogP) is 3.55. The Morgan fingerprint density at radius 1 is 1.06 bits per heavy atom. The molecule has 0 radical (unpaired) electrons. The minimum atomic E-state index is -0.962. The van der Waals surface area contributed by atoms with Gasteiger partial charge in [0.2, 0.25) is 0 Å². The van der Waals surface area contributed by atoms with Crippen molar-refractivity contribution in [2.24, 2.45) is 0 Å². The van der Waals surface area contributed by atoms with E-state index in [0.717, 1.165) is 24.8 Å². The van der Waals surface area contributed by atoms with Crippen molar-refractivity contribution in [2.75, 3.05) is 0 Å². The molecule has 0 atom stereocenters. The van der Waals surface area contributed by atoms with E-state index in [1.165, 1.54) is 0 Å². The first-order valence-electron chi connectivity index (χ1n) is 5.67. The number of nitrogens with zero attached hydrogens (tertiary/aromatic N) is 2. The largest absolute Gasteiger partial charge is 0.196 e. The molecule has 2 nitrogen and oxygen atoms in total. The zero-order chi connectivity index (χ0) is 11.9. The first-order valence-corrected chi connectivity index (χ1v) is 5.67. The molecule has 0 aliphatic heterocycles. The third kappa shape index (κ3) is 2.61. The molecule has 0 spiro atoms. The van der Waals surface area contributed by atoms with Crippen LogP contribution in [0.3, 0.4) is 0 Å². The average Bonchev–Trinajstić information content (AvgIpc) is 2.36. The fourth-order valence-corrected chi connectivity index (χ4v) is 1.77. The van der Waals surface area contributed by atoms with E-state index in [-0.39, 0.29) is 0 Å². The van der Waals surface area contributed by atoms with Crippen LogP contribution in [0.2, 0.25) is 0 Å². The van der Waals surface area contributed by atoms with Crippen LogP contribution in [0.15, 0.2) is 30.3 Å². The Balaban J connectivity index is 2.91. The van der Waals surface area contributed by atoms with E-state index in [1.54, 1.807) is 0 Å². The molecule has 0 N–H and O–H groups in total. The van der Waals surface area contributed by atoms with Crippen molar-refractivity contribution in [3.8, 4) is 12.1 Å². The molecule has 0 saturated heterocycles. The van der Waals surface area contributed by atoms with Crippen molar-refractivity contribution in [2.45, 2.75) is 38.0 Å². The van der Waals surface area contributed by atoms with Crippen LogP contribution in [0, 0.1) is 22.7 Å². The molecule has 2 heteroatoms. The molecule has 0 aliphatic rings. The number of benzene rings is 1. The molecule has 1 rings (SSSR count). The molecule has 0 heterocycles. The van der Waals surface area contributed by atoms with Gasteiger partial charge in [-0.2, -0.15) is 10.5 Å². The highest BCUT2D eigenvalue weighted by Gasteiger charge is 2.31. The van der Waals surface area contributed by atoms with E-state index in [0.29, 0.717) is 6.42 Å². The maximum absolute atomic E-state index is 9.26. The quantitative estimate of drug-likeness (QED) is 0.701. The highest BCUT2D eigenvalue weighted by Crippen LogP contribution is 2.28. The summed E-state index contributed by atoms with van der Waals surface area (Å²) in [7, 11) is 0. The molecule has 1 aromatic rings. The predicted molar refractivity (Wildman–Crippen MR) is 63.5 cm³/mol. The number of nitriles is 2. The van der Waals surface area contributed by atoms with E-state index in [9.17, 15) is 10.5 Å². The molecule has 82 valence electrons. The summed E-state index contributed by atoms with van der Waals surface area (Å²) in [6.45, 7) is 2.11. The van der Waals surface area contributed by atoms with Gasteiger partial charge in [-0.1, -0.05) is 56.5 Å². The summed E-state index contributed by atoms with van der Waals surface area (Å²) >= 11 is 0. The van der Waals surface area contributed by atoms with Crippen LogP contribution in [0.4, 0.5) is 0 Å². The lowest BCUT2D eigenvalue weighted by Crippen LogP contribution is -2.21. The van der Waals surface area contributed by atoms with E-state index < -0.39 is 5.41 Å². The number of unbranched alkanes of at least 4 members (excludes halogenated alkanes) is 2. The minimum absolute atomic E-state index is 0.623. The standard InChI is InChI=1S/C14H16N2/c1-2-3-7-10-14(11-15,12-16)13-8-5-4-6-9-13/h4-6,8-9H,2-3,7,10H2,1H3. The van der Waals surface area contributed by atoms with E-state index in [4.69, 9.17) is 0 Å². The fourth-order valence-electron chi connectivity index (χ4n) is 1.77. The van der Waals surface area contributed by atoms with Crippen molar-refractivity contribution >= 4 is 0 Å². The van der Waals surface area contributed by atoms with Gasteiger partial charge in [-0.3, -0.25) is 0 Å². The minimum Gasteiger partial charge on any atom is -0.196 e. The van der Waals surface area contributed by atoms with Gasteiger partial charge in [0.1, 0.15) is 0 Å². The molecule has 1 aromatic carbocycles. The highest BCUT2D eigenvalue weighted by molar-refractivity contribution is 5.39. The number of hydrogen-bond acceptors (Lipinski definition) is 2.